The van der Waals surface area contributed by atoms with Gasteiger partial charge in [0.1, 0.15) is 0 Å². The van der Waals surface area contributed by atoms with E-state index in [4.69, 9.17) is 4.74 Å². The highest BCUT2D eigenvalue weighted by Gasteiger charge is 2.33. The molecular weight excluding hydrogens is 207 g/mol. The average molecular weight is 223 g/mol. The number of hydrogen-bond acceptors (Lipinski definition) is 2. The van der Waals surface area contributed by atoms with Gasteiger partial charge in [-0.15, -0.1) is 0 Å². The molecule has 5 heteroatoms. The van der Waals surface area contributed by atoms with Crippen LogP contribution in [0.4, 0.5) is 13.2 Å². The van der Waals surface area contributed by atoms with Gasteiger partial charge in [0, 0.05) is 6.04 Å². The zero-order valence-electron chi connectivity index (χ0n) is 8.73. The first-order valence-corrected chi connectivity index (χ1v) is 5.13. The molecule has 0 aromatic heterocycles. The second-order valence-electron chi connectivity index (χ2n) is 3.60. The van der Waals surface area contributed by atoms with E-state index in [0.29, 0.717) is 19.6 Å². The molecule has 1 N–H and O–H groups in total. The highest BCUT2D eigenvalue weighted by Crippen LogP contribution is 2.27. The standard InChI is InChI=1S/C10H16F3NO/c1-2-14-9(6-10(11,12)13)8-4-3-5-15-7-8/h7,9,14H,2-6H2,1H3. The Hall–Kier alpha value is -0.710. The van der Waals surface area contributed by atoms with Crippen LogP contribution in [-0.4, -0.2) is 25.4 Å². The van der Waals surface area contributed by atoms with Crippen molar-refractivity contribution in [3.63, 3.8) is 0 Å². The Morgan fingerprint density at radius 1 is 1.53 bits per heavy atom. The van der Waals surface area contributed by atoms with E-state index in [-0.39, 0.29) is 0 Å². The molecule has 1 aliphatic rings. The fraction of sp³-hybridized carbons (Fsp3) is 0.800. The molecule has 0 aromatic carbocycles. The summed E-state index contributed by atoms with van der Waals surface area (Å²) < 4.78 is 41.9. The second-order valence-corrected chi connectivity index (χ2v) is 3.60. The second kappa shape index (κ2) is 5.39. The molecule has 0 saturated carbocycles. The zero-order valence-corrected chi connectivity index (χ0v) is 8.73. The van der Waals surface area contributed by atoms with Crippen LogP contribution < -0.4 is 5.32 Å². The summed E-state index contributed by atoms with van der Waals surface area (Å²) in [7, 11) is 0. The van der Waals surface area contributed by atoms with Crippen LogP contribution in [-0.2, 0) is 4.74 Å². The lowest BCUT2D eigenvalue weighted by molar-refractivity contribution is -0.138. The van der Waals surface area contributed by atoms with Crippen LogP contribution in [0, 0.1) is 0 Å². The van der Waals surface area contributed by atoms with E-state index in [9.17, 15) is 13.2 Å². The van der Waals surface area contributed by atoms with E-state index in [2.05, 4.69) is 5.32 Å². The molecular formula is C10H16F3NO. The normalized spacial score (nSPS) is 19.3. The van der Waals surface area contributed by atoms with Gasteiger partial charge in [0.25, 0.3) is 0 Å². The topological polar surface area (TPSA) is 21.3 Å². The molecule has 1 aliphatic heterocycles. The number of nitrogens with one attached hydrogen (secondary N) is 1. The maximum atomic E-state index is 12.3. The Morgan fingerprint density at radius 2 is 2.27 bits per heavy atom. The summed E-state index contributed by atoms with van der Waals surface area (Å²) in [4.78, 5) is 0. The molecule has 0 fully saturated rings. The summed E-state index contributed by atoms with van der Waals surface area (Å²) in [6.45, 7) is 2.93. The molecule has 0 bridgehead atoms. The molecule has 1 atom stereocenters. The van der Waals surface area contributed by atoms with Crippen molar-refractivity contribution in [3.8, 4) is 0 Å². The summed E-state index contributed by atoms with van der Waals surface area (Å²) in [5.41, 5.74) is 0.723. The first-order chi connectivity index (χ1) is 7.03. The fourth-order valence-corrected chi connectivity index (χ4v) is 1.65. The molecule has 88 valence electrons. The van der Waals surface area contributed by atoms with Crippen LogP contribution in [0.2, 0.25) is 0 Å². The van der Waals surface area contributed by atoms with E-state index in [1.54, 1.807) is 6.92 Å². The van der Waals surface area contributed by atoms with Gasteiger partial charge in [0.2, 0.25) is 0 Å². The minimum atomic E-state index is -4.13. The van der Waals surface area contributed by atoms with Crippen LogP contribution >= 0.6 is 0 Å². The van der Waals surface area contributed by atoms with E-state index < -0.39 is 18.6 Å². The molecule has 0 aliphatic carbocycles. The molecule has 0 saturated heterocycles. The molecule has 2 nitrogen and oxygen atoms in total. The number of ether oxygens (including phenoxy) is 1. The Labute approximate surface area is 87.5 Å². The Balaban J connectivity index is 2.60. The van der Waals surface area contributed by atoms with Crippen molar-refractivity contribution in [2.24, 2.45) is 0 Å². The average Bonchev–Trinajstić information content (AvgIpc) is 2.17. The van der Waals surface area contributed by atoms with Gasteiger partial charge in [-0.05, 0) is 25.0 Å². The van der Waals surface area contributed by atoms with Gasteiger partial charge in [-0.25, -0.2) is 0 Å². The molecule has 1 heterocycles. The molecule has 0 spiro atoms. The van der Waals surface area contributed by atoms with Crippen LogP contribution in [0.15, 0.2) is 11.8 Å². The highest BCUT2D eigenvalue weighted by atomic mass is 19.4. The van der Waals surface area contributed by atoms with Crippen molar-refractivity contribution in [3.05, 3.63) is 11.8 Å². The molecule has 0 aromatic rings. The molecule has 1 rings (SSSR count). The Kier molecular flexibility index (Phi) is 4.45. The van der Waals surface area contributed by atoms with Crippen molar-refractivity contribution >= 4 is 0 Å². The summed E-state index contributed by atoms with van der Waals surface area (Å²) in [5, 5.41) is 2.84. The van der Waals surface area contributed by atoms with E-state index in [0.717, 1.165) is 12.0 Å². The first kappa shape index (κ1) is 12.4. The van der Waals surface area contributed by atoms with E-state index >= 15 is 0 Å². The third-order valence-corrected chi connectivity index (χ3v) is 2.30. The third kappa shape index (κ3) is 4.55. The number of rotatable bonds is 4. The fourth-order valence-electron chi connectivity index (χ4n) is 1.65. The van der Waals surface area contributed by atoms with Gasteiger partial charge in [-0.1, -0.05) is 6.92 Å². The number of hydrogen-bond donors (Lipinski definition) is 1. The third-order valence-electron chi connectivity index (χ3n) is 2.30. The predicted octanol–water partition coefficient (Wildman–Crippen LogP) is 2.61. The van der Waals surface area contributed by atoms with Crippen molar-refractivity contribution < 1.29 is 17.9 Å². The summed E-state index contributed by atoms with van der Waals surface area (Å²) in [6, 6.07) is -0.629. The lowest BCUT2D eigenvalue weighted by Crippen LogP contribution is -2.36. The number of alkyl halides is 3. The molecule has 1 unspecified atom stereocenters. The predicted molar refractivity (Wildman–Crippen MR) is 51.4 cm³/mol. The highest BCUT2D eigenvalue weighted by molar-refractivity contribution is 5.10. The zero-order chi connectivity index (χ0) is 11.3. The summed E-state index contributed by atoms with van der Waals surface area (Å²) in [6.07, 6.45) is -2.00. The van der Waals surface area contributed by atoms with Gasteiger partial charge in [-0.2, -0.15) is 13.2 Å². The van der Waals surface area contributed by atoms with Crippen LogP contribution in [0.5, 0.6) is 0 Å². The molecule has 0 amide bonds. The maximum Gasteiger partial charge on any atom is 0.390 e. The Bertz CT molecular complexity index is 225. The lowest BCUT2D eigenvalue weighted by Gasteiger charge is -2.24. The smallest absolute Gasteiger partial charge is 0.390 e. The SMILES string of the molecule is CCNC(CC(F)(F)F)C1=COCCC1. The monoisotopic (exact) mass is 223 g/mol. The van der Waals surface area contributed by atoms with Crippen molar-refractivity contribution in [1.82, 2.24) is 5.32 Å². The van der Waals surface area contributed by atoms with E-state index in [1.807, 2.05) is 0 Å². The molecule has 0 radical (unpaired) electrons. The van der Waals surface area contributed by atoms with Crippen LogP contribution in [0.25, 0.3) is 0 Å². The minimum absolute atomic E-state index is 0.526. The summed E-state index contributed by atoms with van der Waals surface area (Å²) >= 11 is 0. The summed E-state index contributed by atoms with van der Waals surface area (Å²) in [5.74, 6) is 0. The van der Waals surface area contributed by atoms with Gasteiger partial charge in [0.05, 0.1) is 19.3 Å². The minimum Gasteiger partial charge on any atom is -0.501 e. The largest absolute Gasteiger partial charge is 0.501 e. The van der Waals surface area contributed by atoms with Gasteiger partial charge in [-0.3, -0.25) is 0 Å². The van der Waals surface area contributed by atoms with Gasteiger partial charge < -0.3 is 10.1 Å². The van der Waals surface area contributed by atoms with Crippen LogP contribution in [0.1, 0.15) is 26.2 Å². The first-order valence-electron chi connectivity index (χ1n) is 5.13. The van der Waals surface area contributed by atoms with Gasteiger partial charge in [0.15, 0.2) is 0 Å². The van der Waals surface area contributed by atoms with Crippen molar-refractivity contribution in [2.45, 2.75) is 38.4 Å². The Morgan fingerprint density at radius 3 is 2.73 bits per heavy atom. The van der Waals surface area contributed by atoms with Crippen LogP contribution in [0.3, 0.4) is 0 Å². The van der Waals surface area contributed by atoms with E-state index in [1.165, 1.54) is 6.26 Å². The lowest BCUT2D eigenvalue weighted by atomic mass is 9.99. The number of likely N-dealkylation sites (N-methyl/N-ethyl adjacent to an activating group) is 1. The number of halogens is 3. The van der Waals surface area contributed by atoms with Crippen molar-refractivity contribution in [1.29, 1.82) is 0 Å². The van der Waals surface area contributed by atoms with Gasteiger partial charge >= 0.3 is 6.18 Å². The maximum absolute atomic E-state index is 12.3. The molecule has 15 heavy (non-hydrogen) atoms. The van der Waals surface area contributed by atoms with Crippen molar-refractivity contribution in [2.75, 3.05) is 13.2 Å². The quantitative estimate of drug-likeness (QED) is 0.791.